The molecule has 2 aromatic carbocycles. The number of aromatic amines is 1. The summed E-state index contributed by atoms with van der Waals surface area (Å²) in [6.07, 6.45) is 0.294. The average Bonchev–Trinajstić information content (AvgIpc) is 2.82. The Morgan fingerprint density at radius 1 is 1.09 bits per heavy atom. The van der Waals surface area contributed by atoms with Crippen molar-refractivity contribution in [2.45, 2.75) is 26.9 Å². The van der Waals surface area contributed by atoms with Crippen molar-refractivity contribution < 1.29 is 9.53 Å². The zero-order valence-electron chi connectivity index (χ0n) is 12.8. The molecular formula is C19H19NO2. The Labute approximate surface area is 129 Å². The number of aromatic nitrogens is 1. The first-order valence-corrected chi connectivity index (χ1v) is 7.41. The molecule has 3 heteroatoms. The Hall–Kier alpha value is -2.55. The van der Waals surface area contributed by atoms with E-state index in [1.807, 2.05) is 37.3 Å². The number of ether oxygens (including phenoxy) is 1. The summed E-state index contributed by atoms with van der Waals surface area (Å²) in [6, 6.07) is 16.0. The topological polar surface area (TPSA) is 42.1 Å². The zero-order chi connectivity index (χ0) is 15.5. The van der Waals surface area contributed by atoms with Crippen molar-refractivity contribution in [2.24, 2.45) is 0 Å². The maximum Gasteiger partial charge on any atom is 0.310 e. The zero-order valence-corrected chi connectivity index (χ0v) is 12.8. The number of carbonyl (C=O) groups excluding carboxylic acids is 1. The van der Waals surface area contributed by atoms with Gasteiger partial charge in [0.2, 0.25) is 0 Å². The monoisotopic (exact) mass is 293 g/mol. The minimum atomic E-state index is -0.200. The Kier molecular flexibility index (Phi) is 3.96. The van der Waals surface area contributed by atoms with Crippen molar-refractivity contribution in [2.75, 3.05) is 0 Å². The highest BCUT2D eigenvalue weighted by atomic mass is 16.5. The summed E-state index contributed by atoms with van der Waals surface area (Å²) in [7, 11) is 0. The normalized spacial score (nSPS) is 10.8. The van der Waals surface area contributed by atoms with Crippen LogP contribution in [0.15, 0.2) is 48.5 Å². The number of carbonyl (C=O) groups is 1. The van der Waals surface area contributed by atoms with Gasteiger partial charge in [-0.1, -0.05) is 42.0 Å². The molecule has 0 saturated carbocycles. The van der Waals surface area contributed by atoms with Gasteiger partial charge in [0.15, 0.2) is 0 Å². The number of H-pyrrole nitrogens is 1. The largest absolute Gasteiger partial charge is 0.461 e. The van der Waals surface area contributed by atoms with Crippen LogP contribution in [0.25, 0.3) is 10.9 Å². The number of hydrogen-bond donors (Lipinski definition) is 1. The van der Waals surface area contributed by atoms with E-state index < -0.39 is 0 Å². The number of esters is 1. The van der Waals surface area contributed by atoms with Crippen LogP contribution in [0.1, 0.15) is 22.4 Å². The second-order valence-corrected chi connectivity index (χ2v) is 5.60. The summed E-state index contributed by atoms with van der Waals surface area (Å²) in [5, 5.41) is 1.11. The predicted molar refractivity (Wildman–Crippen MR) is 87.7 cm³/mol. The summed E-state index contributed by atoms with van der Waals surface area (Å²) in [5.74, 6) is -0.200. The lowest BCUT2D eigenvalue weighted by Gasteiger charge is -2.05. The SMILES string of the molecule is Cc1ccc2[nH]c(C)c(CC(=O)OCc3ccccc3)c2c1. The molecular weight excluding hydrogens is 274 g/mol. The molecule has 0 spiro atoms. The maximum absolute atomic E-state index is 12.1. The molecule has 22 heavy (non-hydrogen) atoms. The van der Waals surface area contributed by atoms with E-state index in [0.29, 0.717) is 13.0 Å². The van der Waals surface area contributed by atoms with E-state index in [1.54, 1.807) is 0 Å². The van der Waals surface area contributed by atoms with Crippen molar-refractivity contribution in [3.63, 3.8) is 0 Å². The molecule has 0 bridgehead atoms. The van der Waals surface area contributed by atoms with E-state index in [2.05, 4.69) is 30.1 Å². The quantitative estimate of drug-likeness (QED) is 0.737. The molecule has 1 N–H and O–H groups in total. The second-order valence-electron chi connectivity index (χ2n) is 5.60. The Balaban J connectivity index is 1.74. The van der Waals surface area contributed by atoms with Gasteiger partial charge in [0, 0.05) is 16.6 Å². The fraction of sp³-hybridized carbons (Fsp3) is 0.211. The standard InChI is InChI=1S/C19H19NO2/c1-13-8-9-18-17(10-13)16(14(2)20-18)11-19(21)22-12-15-6-4-3-5-7-15/h3-10,20H,11-12H2,1-2H3. The number of aryl methyl sites for hydroxylation is 2. The van der Waals surface area contributed by atoms with Crippen LogP contribution in [-0.4, -0.2) is 11.0 Å². The van der Waals surface area contributed by atoms with Gasteiger partial charge in [-0.15, -0.1) is 0 Å². The molecule has 0 unspecified atom stereocenters. The molecule has 0 amide bonds. The summed E-state index contributed by atoms with van der Waals surface area (Å²) in [4.78, 5) is 15.5. The number of fused-ring (bicyclic) bond motifs is 1. The maximum atomic E-state index is 12.1. The first-order valence-electron chi connectivity index (χ1n) is 7.41. The molecule has 1 heterocycles. The summed E-state index contributed by atoms with van der Waals surface area (Å²) < 4.78 is 5.38. The van der Waals surface area contributed by atoms with E-state index in [0.717, 1.165) is 27.7 Å². The fourth-order valence-electron chi connectivity index (χ4n) is 2.66. The first-order chi connectivity index (χ1) is 10.6. The van der Waals surface area contributed by atoms with Crippen molar-refractivity contribution >= 4 is 16.9 Å². The van der Waals surface area contributed by atoms with Crippen molar-refractivity contribution in [3.8, 4) is 0 Å². The highest BCUT2D eigenvalue weighted by molar-refractivity contribution is 5.89. The van der Waals surface area contributed by atoms with Crippen LogP contribution in [0.2, 0.25) is 0 Å². The molecule has 0 aliphatic carbocycles. The minimum absolute atomic E-state index is 0.200. The molecule has 0 atom stereocenters. The molecule has 0 aliphatic heterocycles. The van der Waals surface area contributed by atoms with Crippen molar-refractivity contribution in [1.82, 2.24) is 4.98 Å². The van der Waals surface area contributed by atoms with E-state index in [4.69, 9.17) is 4.74 Å². The van der Waals surface area contributed by atoms with Crippen molar-refractivity contribution in [3.05, 3.63) is 70.9 Å². The molecule has 1 aromatic heterocycles. The molecule has 112 valence electrons. The average molecular weight is 293 g/mol. The van der Waals surface area contributed by atoms with Gasteiger partial charge < -0.3 is 9.72 Å². The number of rotatable bonds is 4. The van der Waals surface area contributed by atoms with Crippen LogP contribution in [0.5, 0.6) is 0 Å². The third-order valence-corrected chi connectivity index (χ3v) is 3.84. The highest BCUT2D eigenvalue weighted by Gasteiger charge is 2.13. The van der Waals surface area contributed by atoms with Gasteiger partial charge in [-0.2, -0.15) is 0 Å². The van der Waals surface area contributed by atoms with Crippen LogP contribution in [0.3, 0.4) is 0 Å². The van der Waals surface area contributed by atoms with Gasteiger partial charge in [0.1, 0.15) is 6.61 Å². The lowest BCUT2D eigenvalue weighted by Crippen LogP contribution is -2.08. The molecule has 3 nitrogen and oxygen atoms in total. The summed E-state index contributed by atoms with van der Waals surface area (Å²) in [6.45, 7) is 4.37. The van der Waals surface area contributed by atoms with E-state index >= 15 is 0 Å². The summed E-state index contributed by atoms with van der Waals surface area (Å²) in [5.41, 5.74) is 5.30. The lowest BCUT2D eigenvalue weighted by atomic mass is 10.1. The van der Waals surface area contributed by atoms with Crippen LogP contribution in [0, 0.1) is 13.8 Å². The smallest absolute Gasteiger partial charge is 0.310 e. The lowest BCUT2D eigenvalue weighted by molar-refractivity contribution is -0.144. The Morgan fingerprint density at radius 3 is 2.64 bits per heavy atom. The van der Waals surface area contributed by atoms with Crippen LogP contribution in [0.4, 0.5) is 0 Å². The third-order valence-electron chi connectivity index (χ3n) is 3.84. The van der Waals surface area contributed by atoms with Gasteiger partial charge in [-0.25, -0.2) is 0 Å². The van der Waals surface area contributed by atoms with Gasteiger partial charge in [0.25, 0.3) is 0 Å². The molecule has 3 rings (SSSR count). The predicted octanol–water partition coefficient (Wildman–Crippen LogP) is 4.07. The van der Waals surface area contributed by atoms with E-state index in [9.17, 15) is 4.79 Å². The molecule has 0 fully saturated rings. The number of hydrogen-bond acceptors (Lipinski definition) is 2. The summed E-state index contributed by atoms with van der Waals surface area (Å²) >= 11 is 0. The molecule has 0 radical (unpaired) electrons. The van der Waals surface area contributed by atoms with Gasteiger partial charge >= 0.3 is 5.97 Å². The fourth-order valence-corrected chi connectivity index (χ4v) is 2.66. The minimum Gasteiger partial charge on any atom is -0.461 e. The van der Waals surface area contributed by atoms with Crippen LogP contribution in [-0.2, 0) is 22.6 Å². The Morgan fingerprint density at radius 2 is 1.86 bits per heavy atom. The van der Waals surface area contributed by atoms with E-state index in [1.165, 1.54) is 5.56 Å². The highest BCUT2D eigenvalue weighted by Crippen LogP contribution is 2.24. The van der Waals surface area contributed by atoms with Crippen molar-refractivity contribution in [1.29, 1.82) is 0 Å². The van der Waals surface area contributed by atoms with E-state index in [-0.39, 0.29) is 5.97 Å². The number of nitrogens with one attached hydrogen (secondary N) is 1. The first kappa shape index (κ1) is 14.4. The Bertz CT molecular complexity index is 803. The van der Waals surface area contributed by atoms with Crippen LogP contribution >= 0.6 is 0 Å². The molecule has 0 aliphatic rings. The molecule has 3 aromatic rings. The second kappa shape index (κ2) is 6.06. The third kappa shape index (κ3) is 3.03. The van der Waals surface area contributed by atoms with Crippen LogP contribution < -0.4 is 0 Å². The number of benzene rings is 2. The molecule has 0 saturated heterocycles. The van der Waals surface area contributed by atoms with Gasteiger partial charge in [-0.05, 0) is 37.1 Å². The van der Waals surface area contributed by atoms with Gasteiger partial charge in [-0.3, -0.25) is 4.79 Å². The van der Waals surface area contributed by atoms with Gasteiger partial charge in [0.05, 0.1) is 6.42 Å².